The molecule has 2 aliphatic rings. The molecular weight excluding hydrogens is 408 g/mol. The maximum Gasteiger partial charge on any atom is 0.339 e. The van der Waals surface area contributed by atoms with E-state index in [9.17, 15) is 14.4 Å². The average molecular weight is 430 g/mol. The van der Waals surface area contributed by atoms with Crippen molar-refractivity contribution in [1.82, 2.24) is 10.3 Å². The number of nitrogens with one attached hydrogen (secondary N) is 1. The highest BCUT2D eigenvalue weighted by Crippen LogP contribution is 2.39. The molecule has 0 bridgehead atoms. The number of nitrogens with zero attached hydrogens (tertiary/aromatic N) is 1. The molecule has 2 amide bonds. The molecule has 3 heterocycles. The number of furan rings is 1. The van der Waals surface area contributed by atoms with Crippen molar-refractivity contribution >= 4 is 40.3 Å². The van der Waals surface area contributed by atoms with Gasteiger partial charge in [0.1, 0.15) is 5.76 Å². The number of piperidine rings is 1. The maximum atomic E-state index is 13.4. The lowest BCUT2D eigenvalue weighted by molar-refractivity contribution is -0.140. The monoisotopic (exact) mass is 430 g/mol. The highest BCUT2D eigenvalue weighted by molar-refractivity contribution is 6.08. The molecule has 1 aliphatic heterocycles. The number of para-hydroxylation sites is 1. The van der Waals surface area contributed by atoms with E-state index >= 15 is 0 Å². The van der Waals surface area contributed by atoms with Crippen LogP contribution in [-0.2, 0) is 20.7 Å². The summed E-state index contributed by atoms with van der Waals surface area (Å²) in [5, 5.41) is 2.93. The molecule has 7 heteroatoms. The molecule has 0 spiro atoms. The Morgan fingerprint density at radius 1 is 1.19 bits per heavy atom. The largest absolute Gasteiger partial charge is 0.465 e. The summed E-state index contributed by atoms with van der Waals surface area (Å²) in [6.07, 6.45) is 4.40. The molecule has 32 heavy (non-hydrogen) atoms. The maximum absolute atomic E-state index is 13.4. The standard InChI is InChI=1S/C25H22N2O5/c1-14-11-15(13-16-5-4-10-31-16)23-18(12-14)22(17-6-2-3-7-19(17)26-23)25(30)32-20-8-9-21(28)27-24(20)29/h2-7,10,13-14,20H,8-9,11-12H2,1H3,(H,27,28,29). The second-order valence-electron chi connectivity index (χ2n) is 8.37. The lowest BCUT2D eigenvalue weighted by Crippen LogP contribution is -2.46. The molecule has 3 aromatic rings. The first-order chi connectivity index (χ1) is 15.5. The van der Waals surface area contributed by atoms with Crippen molar-refractivity contribution in [2.75, 3.05) is 0 Å². The third-order valence-corrected chi connectivity index (χ3v) is 5.92. The highest BCUT2D eigenvalue weighted by atomic mass is 16.5. The van der Waals surface area contributed by atoms with Gasteiger partial charge in [0.25, 0.3) is 5.91 Å². The van der Waals surface area contributed by atoms with Crippen molar-refractivity contribution in [1.29, 1.82) is 0 Å². The van der Waals surface area contributed by atoms with Crippen LogP contribution in [0.25, 0.3) is 22.6 Å². The van der Waals surface area contributed by atoms with Crippen molar-refractivity contribution in [3.63, 3.8) is 0 Å². The van der Waals surface area contributed by atoms with Crippen LogP contribution in [0.1, 0.15) is 53.6 Å². The molecule has 5 rings (SSSR count). The number of esters is 1. The summed E-state index contributed by atoms with van der Waals surface area (Å²) >= 11 is 0. The van der Waals surface area contributed by atoms with Gasteiger partial charge in [-0.1, -0.05) is 25.1 Å². The summed E-state index contributed by atoms with van der Waals surface area (Å²) in [6, 6.07) is 11.1. The molecule has 162 valence electrons. The van der Waals surface area contributed by atoms with E-state index in [-0.39, 0.29) is 24.7 Å². The third-order valence-electron chi connectivity index (χ3n) is 5.92. The lowest BCUT2D eigenvalue weighted by atomic mass is 9.81. The SMILES string of the molecule is CC1CC(=Cc2ccco2)c2nc3ccccc3c(C(=O)OC3CCC(=O)NC3=O)c2C1. The summed E-state index contributed by atoms with van der Waals surface area (Å²) in [5.41, 5.74) is 3.69. The van der Waals surface area contributed by atoms with E-state index in [0.717, 1.165) is 29.0 Å². The predicted molar refractivity (Wildman–Crippen MR) is 117 cm³/mol. The number of amides is 2. The van der Waals surface area contributed by atoms with Crippen LogP contribution < -0.4 is 5.32 Å². The van der Waals surface area contributed by atoms with Gasteiger partial charge in [0.05, 0.1) is 23.0 Å². The Morgan fingerprint density at radius 2 is 2.03 bits per heavy atom. The zero-order valence-electron chi connectivity index (χ0n) is 17.6. The predicted octanol–water partition coefficient (Wildman–Crippen LogP) is 3.91. The van der Waals surface area contributed by atoms with E-state index in [2.05, 4.69) is 12.2 Å². The average Bonchev–Trinajstić information content (AvgIpc) is 3.27. The van der Waals surface area contributed by atoms with Crippen molar-refractivity contribution in [3.05, 3.63) is 65.2 Å². The highest BCUT2D eigenvalue weighted by Gasteiger charge is 2.33. The fraction of sp³-hybridized carbons (Fsp3) is 0.280. The van der Waals surface area contributed by atoms with Crippen LogP contribution in [0.15, 0.2) is 47.1 Å². The molecule has 1 aromatic carbocycles. The number of carbonyl (C=O) groups excluding carboxylic acids is 3. The van der Waals surface area contributed by atoms with E-state index in [1.165, 1.54) is 0 Å². The first-order valence-corrected chi connectivity index (χ1v) is 10.7. The van der Waals surface area contributed by atoms with Crippen LogP contribution in [-0.4, -0.2) is 28.9 Å². The molecule has 2 unspecified atom stereocenters. The Bertz CT molecular complexity index is 1260. The number of fused-ring (bicyclic) bond motifs is 2. The molecular formula is C25H22N2O5. The number of ether oxygens (including phenoxy) is 1. The molecule has 1 saturated heterocycles. The first-order valence-electron chi connectivity index (χ1n) is 10.7. The number of benzene rings is 1. The molecule has 0 saturated carbocycles. The van der Waals surface area contributed by atoms with Gasteiger partial charge in [-0.25, -0.2) is 9.78 Å². The van der Waals surface area contributed by atoms with Crippen molar-refractivity contribution in [3.8, 4) is 0 Å². The van der Waals surface area contributed by atoms with Gasteiger partial charge < -0.3 is 9.15 Å². The Kier molecular flexibility index (Phi) is 5.09. The van der Waals surface area contributed by atoms with E-state index in [1.54, 1.807) is 6.26 Å². The van der Waals surface area contributed by atoms with Gasteiger partial charge in [-0.2, -0.15) is 0 Å². The molecule has 1 aliphatic carbocycles. The zero-order chi connectivity index (χ0) is 22.2. The summed E-state index contributed by atoms with van der Waals surface area (Å²) in [4.78, 5) is 41.9. The summed E-state index contributed by atoms with van der Waals surface area (Å²) in [6.45, 7) is 2.13. The third kappa shape index (κ3) is 3.70. The summed E-state index contributed by atoms with van der Waals surface area (Å²) < 4.78 is 11.1. The van der Waals surface area contributed by atoms with Gasteiger partial charge in [0.15, 0.2) is 6.10 Å². The topological polar surface area (TPSA) is 98.5 Å². The van der Waals surface area contributed by atoms with E-state index in [0.29, 0.717) is 22.9 Å². The van der Waals surface area contributed by atoms with Gasteiger partial charge in [0, 0.05) is 18.2 Å². The molecule has 2 aromatic heterocycles. The fourth-order valence-corrected chi connectivity index (χ4v) is 4.49. The second-order valence-corrected chi connectivity index (χ2v) is 8.37. The van der Waals surface area contributed by atoms with Crippen molar-refractivity contribution < 1.29 is 23.5 Å². The number of hydrogen-bond donors (Lipinski definition) is 1. The smallest absolute Gasteiger partial charge is 0.339 e. The Labute approximate surface area is 184 Å². The Balaban J connectivity index is 1.62. The van der Waals surface area contributed by atoms with Gasteiger partial charge in [-0.05, 0) is 54.2 Å². The molecule has 1 N–H and O–H groups in total. The number of pyridine rings is 1. The van der Waals surface area contributed by atoms with E-state index in [4.69, 9.17) is 14.1 Å². The molecule has 2 atom stereocenters. The van der Waals surface area contributed by atoms with Gasteiger partial charge in [-0.15, -0.1) is 0 Å². The van der Waals surface area contributed by atoms with Gasteiger partial charge >= 0.3 is 5.97 Å². The van der Waals surface area contributed by atoms with E-state index < -0.39 is 18.0 Å². The molecule has 0 radical (unpaired) electrons. The lowest BCUT2D eigenvalue weighted by Gasteiger charge is -2.27. The second kappa shape index (κ2) is 8.07. The normalized spacial score (nSPS) is 22.0. The van der Waals surface area contributed by atoms with Crippen LogP contribution >= 0.6 is 0 Å². The summed E-state index contributed by atoms with van der Waals surface area (Å²) in [5.74, 6) is -0.485. The van der Waals surface area contributed by atoms with Crippen LogP contribution in [0.4, 0.5) is 0 Å². The minimum atomic E-state index is -0.984. The molecule has 1 fully saturated rings. The van der Waals surface area contributed by atoms with E-state index in [1.807, 2.05) is 42.5 Å². The zero-order valence-corrected chi connectivity index (χ0v) is 17.6. The minimum Gasteiger partial charge on any atom is -0.465 e. The first kappa shape index (κ1) is 20.2. The van der Waals surface area contributed by atoms with Crippen LogP contribution in [0, 0.1) is 5.92 Å². The number of carbonyl (C=O) groups is 3. The number of aromatic nitrogens is 1. The van der Waals surface area contributed by atoms with Crippen molar-refractivity contribution in [2.45, 2.75) is 38.7 Å². The van der Waals surface area contributed by atoms with Crippen LogP contribution in [0.3, 0.4) is 0 Å². The quantitative estimate of drug-likeness (QED) is 0.500. The Morgan fingerprint density at radius 3 is 2.81 bits per heavy atom. The Hall–Kier alpha value is -3.74. The number of allylic oxidation sites excluding steroid dienone is 1. The van der Waals surface area contributed by atoms with Gasteiger partial charge in [0.2, 0.25) is 5.91 Å². The fourth-order valence-electron chi connectivity index (χ4n) is 4.49. The number of imide groups is 1. The minimum absolute atomic E-state index is 0.145. The van der Waals surface area contributed by atoms with Crippen LogP contribution in [0.2, 0.25) is 0 Å². The summed E-state index contributed by atoms with van der Waals surface area (Å²) in [7, 11) is 0. The molecule has 7 nitrogen and oxygen atoms in total. The number of hydrogen-bond acceptors (Lipinski definition) is 6. The van der Waals surface area contributed by atoms with Gasteiger partial charge in [-0.3, -0.25) is 14.9 Å². The van der Waals surface area contributed by atoms with Crippen LogP contribution in [0.5, 0.6) is 0 Å². The van der Waals surface area contributed by atoms with Crippen molar-refractivity contribution in [2.24, 2.45) is 5.92 Å². The number of rotatable bonds is 3.